The molecule has 0 bridgehead atoms. The number of carbonyl (C=O) groups excluding carboxylic acids is 3. The maximum Gasteiger partial charge on any atom is 0.324 e. The topological polar surface area (TPSA) is 137 Å². The molecule has 0 spiro atoms. The summed E-state index contributed by atoms with van der Waals surface area (Å²) in [5.74, 6) is -1.51. The number of sulfonamides is 1. The molecule has 0 saturated heterocycles. The number of carbonyl (C=O) groups is 3. The van der Waals surface area contributed by atoms with Gasteiger partial charge in [-0.15, -0.1) is 0 Å². The van der Waals surface area contributed by atoms with E-state index in [9.17, 15) is 22.8 Å². The highest BCUT2D eigenvalue weighted by atomic mass is 32.2. The van der Waals surface area contributed by atoms with E-state index in [0.717, 1.165) is 0 Å². The summed E-state index contributed by atoms with van der Waals surface area (Å²) >= 11 is 0. The van der Waals surface area contributed by atoms with Crippen molar-refractivity contribution in [2.45, 2.75) is 17.9 Å². The monoisotopic (exact) mass is 450 g/mol. The van der Waals surface area contributed by atoms with Crippen molar-refractivity contribution in [2.75, 3.05) is 20.8 Å². The summed E-state index contributed by atoms with van der Waals surface area (Å²) < 4.78 is 41.6. The maximum atomic E-state index is 12.3. The summed E-state index contributed by atoms with van der Waals surface area (Å²) in [6.07, 6.45) is 0. The number of amides is 2. The van der Waals surface area contributed by atoms with Crippen LogP contribution in [0.5, 0.6) is 11.5 Å². The van der Waals surface area contributed by atoms with Gasteiger partial charge in [0.15, 0.2) is 6.61 Å². The lowest BCUT2D eigenvalue weighted by atomic mass is 10.2. The molecule has 11 heteroatoms. The van der Waals surface area contributed by atoms with Crippen LogP contribution in [0.4, 0.5) is 0 Å². The van der Waals surface area contributed by atoms with Gasteiger partial charge in [0, 0.05) is 5.56 Å². The molecule has 0 aliphatic carbocycles. The number of hydrogen-bond donors (Lipinski definition) is 2. The fourth-order valence-electron chi connectivity index (χ4n) is 2.34. The van der Waals surface area contributed by atoms with Crippen LogP contribution in [0.3, 0.4) is 0 Å². The summed E-state index contributed by atoms with van der Waals surface area (Å²) in [7, 11) is -1.08. The molecule has 10 nitrogen and oxygen atoms in total. The zero-order valence-corrected chi connectivity index (χ0v) is 17.9. The van der Waals surface area contributed by atoms with Crippen molar-refractivity contribution in [3.8, 4) is 11.5 Å². The molecule has 0 radical (unpaired) electrons. The number of hydrogen-bond acceptors (Lipinski definition) is 8. The summed E-state index contributed by atoms with van der Waals surface area (Å²) in [5, 5.41) is 2.07. The first-order valence-electron chi connectivity index (χ1n) is 8.97. The van der Waals surface area contributed by atoms with E-state index in [1.807, 2.05) is 0 Å². The van der Waals surface area contributed by atoms with Gasteiger partial charge in [-0.1, -0.05) is 0 Å². The molecule has 0 aromatic heterocycles. The molecule has 1 unspecified atom stereocenters. The molecule has 0 saturated carbocycles. The quantitative estimate of drug-likeness (QED) is 0.537. The molecule has 31 heavy (non-hydrogen) atoms. The number of benzene rings is 2. The van der Waals surface area contributed by atoms with E-state index in [0.29, 0.717) is 11.5 Å². The van der Waals surface area contributed by atoms with E-state index in [2.05, 4.69) is 10.0 Å². The molecule has 2 amide bonds. The predicted molar refractivity (Wildman–Crippen MR) is 109 cm³/mol. The van der Waals surface area contributed by atoms with Gasteiger partial charge in [-0.2, -0.15) is 4.72 Å². The smallest absolute Gasteiger partial charge is 0.324 e. The van der Waals surface area contributed by atoms with Crippen LogP contribution in [-0.2, 0) is 24.3 Å². The number of nitrogens with one attached hydrogen (secondary N) is 2. The Balaban J connectivity index is 1.85. The Morgan fingerprint density at radius 3 is 1.94 bits per heavy atom. The van der Waals surface area contributed by atoms with Crippen molar-refractivity contribution in [1.29, 1.82) is 0 Å². The summed E-state index contributed by atoms with van der Waals surface area (Å²) in [6.45, 7) is 0.513. The normalized spacial score (nSPS) is 11.8. The average Bonchev–Trinajstić information content (AvgIpc) is 2.77. The van der Waals surface area contributed by atoms with Gasteiger partial charge in [-0.05, 0) is 55.5 Å². The predicted octanol–water partition coefficient (Wildman–Crippen LogP) is 0.870. The Bertz CT molecular complexity index is 1030. The summed E-state index contributed by atoms with van der Waals surface area (Å²) in [5.41, 5.74) is 0.209. The number of imide groups is 1. The Morgan fingerprint density at radius 1 is 0.903 bits per heavy atom. The van der Waals surface area contributed by atoms with Crippen molar-refractivity contribution in [1.82, 2.24) is 10.0 Å². The molecule has 166 valence electrons. The molecule has 0 heterocycles. The van der Waals surface area contributed by atoms with Crippen LogP contribution >= 0.6 is 0 Å². The van der Waals surface area contributed by atoms with Gasteiger partial charge in [0.2, 0.25) is 10.0 Å². The van der Waals surface area contributed by atoms with E-state index in [-0.39, 0.29) is 10.5 Å². The minimum Gasteiger partial charge on any atom is -0.497 e. The van der Waals surface area contributed by atoms with Gasteiger partial charge < -0.3 is 14.2 Å². The summed E-state index contributed by atoms with van der Waals surface area (Å²) in [6, 6.07) is 10.3. The second kappa shape index (κ2) is 10.5. The van der Waals surface area contributed by atoms with Crippen LogP contribution < -0.4 is 19.5 Å². The van der Waals surface area contributed by atoms with Crippen LogP contribution in [0.2, 0.25) is 0 Å². The van der Waals surface area contributed by atoms with Gasteiger partial charge in [0.1, 0.15) is 17.5 Å². The van der Waals surface area contributed by atoms with E-state index in [4.69, 9.17) is 14.2 Å². The second-order valence-electron chi connectivity index (χ2n) is 6.23. The number of esters is 1. The third-order valence-corrected chi connectivity index (χ3v) is 5.56. The van der Waals surface area contributed by atoms with E-state index >= 15 is 0 Å². The molecule has 0 fully saturated rings. The molecule has 0 aliphatic heterocycles. The first-order chi connectivity index (χ1) is 14.7. The van der Waals surface area contributed by atoms with E-state index in [1.165, 1.54) is 57.5 Å². The van der Waals surface area contributed by atoms with Crippen LogP contribution in [0, 0.1) is 0 Å². The SMILES string of the molecule is COc1ccc(C(=O)NC(=O)COC(=O)C(C)NS(=O)(=O)c2ccc(OC)cc2)cc1. The molecule has 2 rings (SSSR count). The third kappa shape index (κ3) is 6.79. The third-order valence-electron chi connectivity index (χ3n) is 4.01. The Hall–Kier alpha value is -3.44. The second-order valence-corrected chi connectivity index (χ2v) is 7.95. The highest BCUT2D eigenvalue weighted by Gasteiger charge is 2.24. The Labute approximate surface area is 179 Å². The lowest BCUT2D eigenvalue weighted by molar-refractivity contribution is -0.149. The molecule has 2 N–H and O–H groups in total. The van der Waals surface area contributed by atoms with Crippen molar-refractivity contribution in [3.05, 3.63) is 54.1 Å². The minimum atomic E-state index is -4.00. The zero-order valence-electron chi connectivity index (χ0n) is 17.1. The van der Waals surface area contributed by atoms with Crippen LogP contribution in [-0.4, -0.2) is 53.1 Å². The lowest BCUT2D eigenvalue weighted by Crippen LogP contribution is -2.41. The summed E-state index contributed by atoms with van der Waals surface area (Å²) in [4.78, 5) is 35.8. The molecule has 0 aliphatic rings. The van der Waals surface area contributed by atoms with Gasteiger partial charge >= 0.3 is 5.97 Å². The molecule has 1 atom stereocenters. The van der Waals surface area contributed by atoms with Crippen LogP contribution in [0.15, 0.2) is 53.4 Å². The number of methoxy groups -OCH3 is 2. The van der Waals surface area contributed by atoms with E-state index < -0.39 is 40.5 Å². The number of rotatable bonds is 9. The molecular formula is C20H22N2O8S. The first kappa shape index (κ1) is 23.8. The van der Waals surface area contributed by atoms with Gasteiger partial charge in [0.05, 0.1) is 19.1 Å². The fourth-order valence-corrected chi connectivity index (χ4v) is 3.53. The van der Waals surface area contributed by atoms with Crippen molar-refractivity contribution in [2.24, 2.45) is 0 Å². The van der Waals surface area contributed by atoms with Gasteiger partial charge in [0.25, 0.3) is 11.8 Å². The fraction of sp³-hybridized carbons (Fsp3) is 0.250. The van der Waals surface area contributed by atoms with E-state index in [1.54, 1.807) is 12.1 Å². The first-order valence-corrected chi connectivity index (χ1v) is 10.5. The van der Waals surface area contributed by atoms with Gasteiger partial charge in [-0.25, -0.2) is 8.42 Å². The van der Waals surface area contributed by atoms with Crippen LogP contribution in [0.25, 0.3) is 0 Å². The van der Waals surface area contributed by atoms with Crippen molar-refractivity contribution < 1.29 is 37.0 Å². The Kier molecular flexibility index (Phi) is 8.11. The minimum absolute atomic E-state index is 0.0734. The molecule has 2 aromatic rings. The lowest BCUT2D eigenvalue weighted by Gasteiger charge is -2.14. The van der Waals surface area contributed by atoms with Gasteiger partial charge in [-0.3, -0.25) is 19.7 Å². The van der Waals surface area contributed by atoms with Crippen molar-refractivity contribution >= 4 is 27.8 Å². The standard InChI is InChI=1S/C20H22N2O8S/c1-13(22-31(26,27)17-10-8-16(29-3)9-11-17)20(25)30-12-18(23)21-19(24)14-4-6-15(28-2)7-5-14/h4-11,13,22H,12H2,1-3H3,(H,21,23,24). The average molecular weight is 450 g/mol. The molecular weight excluding hydrogens is 428 g/mol. The zero-order chi connectivity index (χ0) is 23.0. The maximum absolute atomic E-state index is 12.3. The molecule has 2 aromatic carbocycles. The highest BCUT2D eigenvalue weighted by molar-refractivity contribution is 7.89. The highest BCUT2D eigenvalue weighted by Crippen LogP contribution is 2.15. The largest absolute Gasteiger partial charge is 0.497 e. The van der Waals surface area contributed by atoms with Crippen molar-refractivity contribution in [3.63, 3.8) is 0 Å². The number of ether oxygens (including phenoxy) is 3. The Morgan fingerprint density at radius 2 is 1.42 bits per heavy atom. The van der Waals surface area contributed by atoms with Crippen LogP contribution in [0.1, 0.15) is 17.3 Å².